The van der Waals surface area contributed by atoms with Gasteiger partial charge in [0.15, 0.2) is 17.6 Å². The third kappa shape index (κ3) is 4.01. The number of carbonyl (C=O) groups excluding carboxylic acids is 1. The van der Waals surface area contributed by atoms with Gasteiger partial charge in [0.2, 0.25) is 5.91 Å². The Labute approximate surface area is 134 Å². The van der Waals surface area contributed by atoms with Crippen LogP contribution in [0, 0.1) is 0 Å². The molecule has 7 nitrogen and oxygen atoms in total. The first-order valence-corrected chi connectivity index (χ1v) is 7.53. The van der Waals surface area contributed by atoms with Gasteiger partial charge in [-0.2, -0.15) is 5.10 Å². The van der Waals surface area contributed by atoms with E-state index in [1.807, 2.05) is 31.2 Å². The SMILES string of the molecule is CCOCC(=O)Nc1cnn(CC2COc3ccccc3O2)c1. The van der Waals surface area contributed by atoms with Gasteiger partial charge < -0.3 is 19.5 Å². The van der Waals surface area contributed by atoms with E-state index in [1.54, 1.807) is 17.1 Å². The minimum Gasteiger partial charge on any atom is -0.486 e. The number of hydrogen-bond acceptors (Lipinski definition) is 5. The van der Waals surface area contributed by atoms with Crippen LogP contribution >= 0.6 is 0 Å². The highest BCUT2D eigenvalue weighted by molar-refractivity contribution is 5.91. The second-order valence-corrected chi connectivity index (χ2v) is 5.13. The largest absolute Gasteiger partial charge is 0.486 e. The predicted octanol–water partition coefficient (Wildman–Crippen LogP) is 1.70. The Morgan fingerprint density at radius 3 is 3.09 bits per heavy atom. The summed E-state index contributed by atoms with van der Waals surface area (Å²) in [5.74, 6) is 1.30. The fourth-order valence-corrected chi connectivity index (χ4v) is 2.28. The first-order chi connectivity index (χ1) is 11.2. The number of para-hydroxylation sites is 2. The van der Waals surface area contributed by atoms with Crippen molar-refractivity contribution in [3.8, 4) is 11.5 Å². The van der Waals surface area contributed by atoms with E-state index < -0.39 is 0 Å². The molecular weight excluding hydrogens is 298 g/mol. The normalized spacial score (nSPS) is 16.1. The topological polar surface area (TPSA) is 74.6 Å². The number of rotatable bonds is 6. The summed E-state index contributed by atoms with van der Waals surface area (Å²) in [6.45, 7) is 3.39. The molecule has 3 rings (SSSR count). The maximum absolute atomic E-state index is 11.6. The van der Waals surface area contributed by atoms with Crippen LogP contribution in [0.4, 0.5) is 5.69 Å². The Balaban J connectivity index is 1.54. The van der Waals surface area contributed by atoms with Gasteiger partial charge in [0.1, 0.15) is 13.2 Å². The lowest BCUT2D eigenvalue weighted by atomic mass is 10.2. The molecule has 0 spiro atoms. The van der Waals surface area contributed by atoms with Gasteiger partial charge in [-0.1, -0.05) is 12.1 Å². The van der Waals surface area contributed by atoms with Gasteiger partial charge in [0, 0.05) is 12.8 Å². The highest BCUT2D eigenvalue weighted by Gasteiger charge is 2.21. The third-order valence-electron chi connectivity index (χ3n) is 3.31. The number of amides is 1. The zero-order valence-corrected chi connectivity index (χ0v) is 12.9. The van der Waals surface area contributed by atoms with Gasteiger partial charge in [-0.3, -0.25) is 9.48 Å². The molecule has 0 bridgehead atoms. The summed E-state index contributed by atoms with van der Waals surface area (Å²) in [7, 11) is 0. The van der Waals surface area contributed by atoms with Crippen LogP contribution in [0.2, 0.25) is 0 Å². The average Bonchev–Trinajstić information content (AvgIpc) is 2.99. The summed E-state index contributed by atoms with van der Waals surface area (Å²) in [6.07, 6.45) is 3.23. The number of ether oxygens (including phenoxy) is 3. The van der Waals surface area contributed by atoms with Crippen molar-refractivity contribution in [3.05, 3.63) is 36.7 Å². The lowest BCUT2D eigenvalue weighted by Gasteiger charge is -2.26. The lowest BCUT2D eigenvalue weighted by molar-refractivity contribution is -0.120. The highest BCUT2D eigenvalue weighted by Crippen LogP contribution is 2.31. The van der Waals surface area contributed by atoms with Crippen molar-refractivity contribution in [2.24, 2.45) is 0 Å². The van der Waals surface area contributed by atoms with Crippen LogP contribution in [0.1, 0.15) is 6.92 Å². The van der Waals surface area contributed by atoms with Crippen molar-refractivity contribution in [2.45, 2.75) is 19.6 Å². The van der Waals surface area contributed by atoms with Gasteiger partial charge >= 0.3 is 0 Å². The molecule has 7 heteroatoms. The van der Waals surface area contributed by atoms with Crippen LogP contribution in [0.15, 0.2) is 36.7 Å². The van der Waals surface area contributed by atoms with Crippen LogP contribution < -0.4 is 14.8 Å². The molecule has 0 saturated carbocycles. The van der Waals surface area contributed by atoms with Crippen molar-refractivity contribution in [1.29, 1.82) is 0 Å². The Bertz CT molecular complexity index is 671. The molecule has 1 N–H and O–H groups in total. The van der Waals surface area contributed by atoms with Crippen LogP contribution in [0.3, 0.4) is 0 Å². The molecule has 1 aromatic heterocycles. The van der Waals surface area contributed by atoms with Gasteiger partial charge in [0.25, 0.3) is 0 Å². The molecule has 1 atom stereocenters. The van der Waals surface area contributed by atoms with Crippen molar-refractivity contribution >= 4 is 11.6 Å². The Hall–Kier alpha value is -2.54. The third-order valence-corrected chi connectivity index (χ3v) is 3.31. The molecule has 1 aromatic carbocycles. The predicted molar refractivity (Wildman–Crippen MR) is 83.7 cm³/mol. The smallest absolute Gasteiger partial charge is 0.250 e. The lowest BCUT2D eigenvalue weighted by Crippen LogP contribution is -2.33. The zero-order valence-electron chi connectivity index (χ0n) is 12.9. The van der Waals surface area contributed by atoms with E-state index in [0.717, 1.165) is 11.5 Å². The second-order valence-electron chi connectivity index (χ2n) is 5.13. The second kappa shape index (κ2) is 7.15. The van der Waals surface area contributed by atoms with Crippen LogP contribution in [0.5, 0.6) is 11.5 Å². The highest BCUT2D eigenvalue weighted by atomic mass is 16.6. The molecule has 23 heavy (non-hydrogen) atoms. The molecule has 1 aliphatic rings. The quantitative estimate of drug-likeness (QED) is 0.878. The minimum absolute atomic E-state index is 0.0397. The van der Waals surface area contributed by atoms with Crippen LogP contribution in [0.25, 0.3) is 0 Å². The number of fused-ring (bicyclic) bond motifs is 1. The van der Waals surface area contributed by atoms with Gasteiger partial charge in [0.05, 0.1) is 18.4 Å². The van der Waals surface area contributed by atoms with Crippen LogP contribution in [-0.2, 0) is 16.1 Å². The zero-order chi connectivity index (χ0) is 16.1. The van der Waals surface area contributed by atoms with Crippen molar-refractivity contribution < 1.29 is 19.0 Å². The van der Waals surface area contributed by atoms with Crippen molar-refractivity contribution in [1.82, 2.24) is 9.78 Å². The number of anilines is 1. The fraction of sp³-hybridized carbons (Fsp3) is 0.375. The summed E-state index contributed by atoms with van der Waals surface area (Å²) in [6, 6.07) is 7.58. The monoisotopic (exact) mass is 317 g/mol. The molecular formula is C16H19N3O4. The Morgan fingerprint density at radius 2 is 2.26 bits per heavy atom. The molecule has 0 saturated heterocycles. The first-order valence-electron chi connectivity index (χ1n) is 7.53. The summed E-state index contributed by atoms with van der Waals surface area (Å²) in [5.41, 5.74) is 0.631. The first kappa shape index (κ1) is 15.4. The molecule has 0 radical (unpaired) electrons. The number of benzene rings is 1. The summed E-state index contributed by atoms with van der Waals surface area (Å²) in [4.78, 5) is 11.6. The number of aromatic nitrogens is 2. The Kier molecular flexibility index (Phi) is 4.77. The van der Waals surface area contributed by atoms with E-state index in [1.165, 1.54) is 0 Å². The van der Waals surface area contributed by atoms with E-state index in [2.05, 4.69) is 10.4 Å². The standard InChI is InChI=1S/C16H19N3O4/c1-2-21-11-16(20)18-12-7-17-19(8-12)9-13-10-22-14-5-3-4-6-15(14)23-13/h3-8,13H,2,9-11H2,1H3,(H,18,20). The molecule has 2 heterocycles. The summed E-state index contributed by atoms with van der Waals surface area (Å²) < 4.78 is 18.3. The number of hydrogen-bond donors (Lipinski definition) is 1. The molecule has 1 aliphatic heterocycles. The van der Waals surface area contributed by atoms with Gasteiger partial charge in [-0.05, 0) is 19.1 Å². The van der Waals surface area contributed by atoms with Crippen molar-refractivity contribution in [3.63, 3.8) is 0 Å². The van der Waals surface area contributed by atoms with E-state index in [0.29, 0.717) is 25.4 Å². The average molecular weight is 317 g/mol. The van der Waals surface area contributed by atoms with E-state index in [4.69, 9.17) is 14.2 Å². The van der Waals surface area contributed by atoms with E-state index in [-0.39, 0.29) is 18.6 Å². The van der Waals surface area contributed by atoms with Gasteiger partial charge in [-0.15, -0.1) is 0 Å². The fourth-order valence-electron chi connectivity index (χ4n) is 2.28. The van der Waals surface area contributed by atoms with E-state index >= 15 is 0 Å². The van der Waals surface area contributed by atoms with E-state index in [9.17, 15) is 4.79 Å². The molecule has 1 amide bonds. The number of nitrogens with one attached hydrogen (secondary N) is 1. The van der Waals surface area contributed by atoms with Gasteiger partial charge in [-0.25, -0.2) is 0 Å². The number of nitrogens with zero attached hydrogens (tertiary/aromatic N) is 2. The molecule has 1 unspecified atom stereocenters. The Morgan fingerprint density at radius 1 is 1.43 bits per heavy atom. The van der Waals surface area contributed by atoms with Crippen molar-refractivity contribution in [2.75, 3.05) is 25.1 Å². The summed E-state index contributed by atoms with van der Waals surface area (Å²) >= 11 is 0. The molecule has 2 aromatic rings. The minimum atomic E-state index is -0.197. The molecule has 122 valence electrons. The van der Waals surface area contributed by atoms with Crippen LogP contribution in [-0.4, -0.2) is 41.6 Å². The number of carbonyl (C=O) groups is 1. The maximum atomic E-state index is 11.6. The molecule has 0 aliphatic carbocycles. The summed E-state index contributed by atoms with van der Waals surface area (Å²) in [5, 5.41) is 6.96. The maximum Gasteiger partial charge on any atom is 0.250 e. The molecule has 0 fully saturated rings.